The smallest absolute Gasteiger partial charge is 0.475 e. The summed E-state index contributed by atoms with van der Waals surface area (Å²) in [6.45, 7) is 4.01. The largest absolute Gasteiger partial charge is 0.490 e. The third-order valence-electron chi connectivity index (χ3n) is 3.34. The average molecular weight is 368 g/mol. The number of benzene rings is 1. The van der Waals surface area contributed by atoms with E-state index in [4.69, 9.17) is 9.90 Å². The summed E-state index contributed by atoms with van der Waals surface area (Å²) in [5.41, 5.74) is 2.53. The number of hydrogen-bond acceptors (Lipinski definition) is 4. The van der Waals surface area contributed by atoms with E-state index >= 15 is 0 Å². The molecule has 0 unspecified atom stereocenters. The number of H-pyrrole nitrogens is 2. The molecule has 0 saturated carbocycles. The molecule has 1 aromatic carbocycles. The summed E-state index contributed by atoms with van der Waals surface area (Å²) in [4.78, 5) is 28.3. The van der Waals surface area contributed by atoms with Crippen molar-refractivity contribution < 1.29 is 23.1 Å². The van der Waals surface area contributed by atoms with Gasteiger partial charge in [-0.25, -0.2) is 9.78 Å². The van der Waals surface area contributed by atoms with Gasteiger partial charge in [-0.2, -0.15) is 18.3 Å². The van der Waals surface area contributed by atoms with Gasteiger partial charge in [0.15, 0.2) is 0 Å². The van der Waals surface area contributed by atoms with E-state index in [-0.39, 0.29) is 11.5 Å². The highest BCUT2D eigenvalue weighted by molar-refractivity contribution is 5.83. The van der Waals surface area contributed by atoms with Crippen LogP contribution in [0.25, 0.3) is 22.0 Å². The molecule has 2 aromatic heterocycles. The second-order valence-corrected chi connectivity index (χ2v) is 5.63. The summed E-state index contributed by atoms with van der Waals surface area (Å²) in [7, 11) is 0. The molecule has 0 aliphatic carbocycles. The first kappa shape index (κ1) is 19.2. The zero-order chi connectivity index (χ0) is 19.5. The number of halogens is 3. The van der Waals surface area contributed by atoms with Crippen molar-refractivity contribution in [2.45, 2.75) is 25.9 Å². The molecule has 0 atom stereocenters. The number of fused-ring (bicyclic) bond motifs is 1. The van der Waals surface area contributed by atoms with Gasteiger partial charge in [-0.1, -0.05) is 19.9 Å². The van der Waals surface area contributed by atoms with E-state index < -0.39 is 12.1 Å². The maximum atomic E-state index is 12.1. The molecule has 0 amide bonds. The zero-order valence-corrected chi connectivity index (χ0v) is 13.8. The molecule has 0 saturated heterocycles. The maximum absolute atomic E-state index is 12.1. The zero-order valence-electron chi connectivity index (χ0n) is 13.8. The molecule has 138 valence electrons. The van der Waals surface area contributed by atoms with E-state index in [9.17, 15) is 18.0 Å². The summed E-state index contributed by atoms with van der Waals surface area (Å²) in [6.07, 6.45) is -1.56. The predicted molar refractivity (Wildman–Crippen MR) is 87.7 cm³/mol. The SMILES string of the molecule is CC(C)c1nc2ccc(-c3cn[nH]c3)cc2c(=O)[nH]1.O=C(O)C(F)(F)F. The molecular weight excluding hydrogens is 353 g/mol. The van der Waals surface area contributed by atoms with Gasteiger partial charge >= 0.3 is 12.1 Å². The number of aromatic nitrogens is 4. The molecule has 0 radical (unpaired) electrons. The number of aliphatic carboxylic acids is 1. The summed E-state index contributed by atoms with van der Waals surface area (Å²) in [5.74, 6) is -1.84. The number of carboxylic acids is 1. The molecule has 7 nitrogen and oxygen atoms in total. The molecule has 2 heterocycles. The first-order valence-corrected chi connectivity index (χ1v) is 7.43. The Bertz CT molecular complexity index is 963. The number of rotatable bonds is 2. The van der Waals surface area contributed by atoms with Crippen molar-refractivity contribution in [2.75, 3.05) is 0 Å². The van der Waals surface area contributed by atoms with E-state index in [1.165, 1.54) is 0 Å². The minimum atomic E-state index is -5.08. The van der Waals surface area contributed by atoms with E-state index in [0.717, 1.165) is 16.6 Å². The Morgan fingerprint density at radius 2 is 1.88 bits per heavy atom. The van der Waals surface area contributed by atoms with Gasteiger partial charge in [0.2, 0.25) is 0 Å². The van der Waals surface area contributed by atoms with E-state index in [2.05, 4.69) is 20.2 Å². The van der Waals surface area contributed by atoms with Crippen LogP contribution in [0.4, 0.5) is 13.2 Å². The van der Waals surface area contributed by atoms with Crippen molar-refractivity contribution in [1.29, 1.82) is 0 Å². The highest BCUT2D eigenvalue weighted by Gasteiger charge is 2.38. The van der Waals surface area contributed by atoms with Crippen molar-refractivity contribution in [3.8, 4) is 11.1 Å². The number of nitrogens with zero attached hydrogens (tertiary/aromatic N) is 2. The lowest BCUT2D eigenvalue weighted by atomic mass is 10.1. The van der Waals surface area contributed by atoms with Crippen LogP contribution in [0.15, 0.2) is 35.4 Å². The van der Waals surface area contributed by atoms with Gasteiger partial charge in [-0.05, 0) is 17.7 Å². The molecule has 10 heteroatoms. The highest BCUT2D eigenvalue weighted by atomic mass is 19.4. The molecular formula is C16H15F3N4O3. The molecule has 3 N–H and O–H groups in total. The number of hydrogen-bond donors (Lipinski definition) is 3. The summed E-state index contributed by atoms with van der Waals surface area (Å²) >= 11 is 0. The first-order chi connectivity index (χ1) is 12.1. The number of alkyl halides is 3. The standard InChI is InChI=1S/C14H14N4O.C2HF3O2/c1-8(2)13-17-12-4-3-9(10-6-15-16-7-10)5-11(12)14(19)18-13;3-2(4,5)1(6)7/h3-8H,1-2H3,(H,15,16)(H,17,18,19);(H,6,7). The Hall–Kier alpha value is -3.17. The van der Waals surface area contributed by atoms with Crippen LogP contribution in [0.5, 0.6) is 0 Å². The normalized spacial score (nSPS) is 11.3. The van der Waals surface area contributed by atoms with Crippen LogP contribution in [0.1, 0.15) is 25.6 Å². The molecule has 26 heavy (non-hydrogen) atoms. The fourth-order valence-electron chi connectivity index (χ4n) is 2.02. The Morgan fingerprint density at radius 3 is 2.38 bits per heavy atom. The fourth-order valence-corrected chi connectivity index (χ4v) is 2.02. The van der Waals surface area contributed by atoms with Crippen LogP contribution in [-0.2, 0) is 4.79 Å². The van der Waals surface area contributed by atoms with Crippen molar-refractivity contribution in [2.24, 2.45) is 0 Å². The minimum absolute atomic E-state index is 0.0981. The fraction of sp³-hybridized carbons (Fsp3) is 0.250. The van der Waals surface area contributed by atoms with Gasteiger partial charge in [0.25, 0.3) is 5.56 Å². The highest BCUT2D eigenvalue weighted by Crippen LogP contribution is 2.21. The number of nitrogens with one attached hydrogen (secondary N) is 2. The molecule has 0 spiro atoms. The molecule has 0 bridgehead atoms. The van der Waals surface area contributed by atoms with Crippen LogP contribution in [0.2, 0.25) is 0 Å². The van der Waals surface area contributed by atoms with Crippen LogP contribution in [-0.4, -0.2) is 37.4 Å². The average Bonchev–Trinajstić information content (AvgIpc) is 3.08. The Kier molecular flexibility index (Phi) is 5.44. The third-order valence-corrected chi connectivity index (χ3v) is 3.34. The molecule has 3 rings (SSSR count). The molecule has 0 fully saturated rings. The maximum Gasteiger partial charge on any atom is 0.490 e. The van der Waals surface area contributed by atoms with E-state index in [1.54, 1.807) is 12.4 Å². The molecule has 0 aliphatic rings. The third kappa shape index (κ3) is 4.47. The van der Waals surface area contributed by atoms with Gasteiger partial charge in [-0.15, -0.1) is 0 Å². The molecule has 3 aromatic rings. The lowest BCUT2D eigenvalue weighted by molar-refractivity contribution is -0.192. The van der Waals surface area contributed by atoms with E-state index in [0.29, 0.717) is 11.2 Å². The first-order valence-electron chi connectivity index (χ1n) is 7.43. The van der Waals surface area contributed by atoms with Crippen LogP contribution >= 0.6 is 0 Å². The lowest BCUT2D eigenvalue weighted by Crippen LogP contribution is -2.21. The van der Waals surface area contributed by atoms with Gasteiger partial charge in [-0.3, -0.25) is 9.89 Å². The van der Waals surface area contributed by atoms with Crippen molar-refractivity contribution in [1.82, 2.24) is 20.2 Å². The van der Waals surface area contributed by atoms with Gasteiger partial charge < -0.3 is 10.1 Å². The lowest BCUT2D eigenvalue weighted by Gasteiger charge is -2.06. The van der Waals surface area contributed by atoms with Crippen molar-refractivity contribution in [3.63, 3.8) is 0 Å². The van der Waals surface area contributed by atoms with Gasteiger partial charge in [0.05, 0.1) is 17.1 Å². The van der Waals surface area contributed by atoms with E-state index in [1.807, 2.05) is 32.0 Å². The Morgan fingerprint density at radius 1 is 1.23 bits per heavy atom. The summed E-state index contributed by atoms with van der Waals surface area (Å²) < 4.78 is 31.7. The quantitative estimate of drug-likeness (QED) is 0.644. The van der Waals surface area contributed by atoms with Gasteiger partial charge in [0.1, 0.15) is 5.82 Å². The number of carboxylic acid groups (broad SMARTS) is 1. The monoisotopic (exact) mass is 368 g/mol. The number of carbonyl (C=O) groups is 1. The predicted octanol–water partition coefficient (Wildman–Crippen LogP) is 3.07. The summed E-state index contributed by atoms with van der Waals surface area (Å²) in [5, 5.41) is 14.4. The van der Waals surface area contributed by atoms with Crippen LogP contribution < -0.4 is 5.56 Å². The summed E-state index contributed by atoms with van der Waals surface area (Å²) in [6, 6.07) is 5.67. The topological polar surface area (TPSA) is 112 Å². The molecule has 0 aliphatic heterocycles. The number of aromatic amines is 2. The van der Waals surface area contributed by atoms with Gasteiger partial charge in [0, 0.05) is 17.7 Å². The van der Waals surface area contributed by atoms with Crippen molar-refractivity contribution in [3.05, 3.63) is 46.8 Å². The Labute approximate surface area is 144 Å². The van der Waals surface area contributed by atoms with Crippen LogP contribution in [0, 0.1) is 0 Å². The second-order valence-electron chi connectivity index (χ2n) is 5.63. The Balaban J connectivity index is 0.000000298. The van der Waals surface area contributed by atoms with Crippen LogP contribution in [0.3, 0.4) is 0 Å². The van der Waals surface area contributed by atoms with Crippen molar-refractivity contribution >= 4 is 16.9 Å². The second kappa shape index (κ2) is 7.38. The minimum Gasteiger partial charge on any atom is -0.475 e.